The third-order valence-electron chi connectivity index (χ3n) is 1.02. The van der Waals surface area contributed by atoms with Crippen LogP contribution in [0.4, 0.5) is 0 Å². The first-order valence-electron chi connectivity index (χ1n) is 2.60. The molecule has 0 aliphatic heterocycles. The molecule has 0 atom stereocenters. The van der Waals surface area contributed by atoms with Gasteiger partial charge in [-0.3, -0.25) is 0 Å². The number of carboxylic acids is 1. The van der Waals surface area contributed by atoms with Crippen LogP contribution >= 0.6 is 15.9 Å². The standard InChI is InChI=1S/C7H4BrO2/c8-6-3-1-5(2-4-6)7(9)10/h1-3H,(H,9,10). The van der Waals surface area contributed by atoms with Gasteiger partial charge < -0.3 is 5.11 Å². The summed E-state index contributed by atoms with van der Waals surface area (Å²) in [5.74, 6) is -0.927. The number of carboxylic acid groups (broad SMARTS) is 1. The summed E-state index contributed by atoms with van der Waals surface area (Å²) in [5, 5.41) is 8.44. The molecule has 1 radical (unpaired) electrons. The van der Waals surface area contributed by atoms with Gasteiger partial charge in [-0.05, 0) is 24.3 Å². The van der Waals surface area contributed by atoms with Crippen LogP contribution in [0.5, 0.6) is 0 Å². The lowest BCUT2D eigenvalue weighted by molar-refractivity contribution is 0.0697. The molecule has 51 valence electrons. The minimum Gasteiger partial charge on any atom is -0.478 e. The largest absolute Gasteiger partial charge is 0.478 e. The summed E-state index contributed by atoms with van der Waals surface area (Å²) in [4.78, 5) is 10.3. The summed E-state index contributed by atoms with van der Waals surface area (Å²) < 4.78 is 0.762. The van der Waals surface area contributed by atoms with Crippen molar-refractivity contribution in [3.05, 3.63) is 34.3 Å². The van der Waals surface area contributed by atoms with Crippen molar-refractivity contribution in [2.45, 2.75) is 0 Å². The van der Waals surface area contributed by atoms with E-state index in [1.807, 2.05) is 0 Å². The van der Waals surface area contributed by atoms with Crippen molar-refractivity contribution < 1.29 is 9.90 Å². The molecule has 0 aromatic heterocycles. The van der Waals surface area contributed by atoms with Crippen molar-refractivity contribution in [1.29, 1.82) is 0 Å². The van der Waals surface area contributed by atoms with E-state index in [1.54, 1.807) is 6.07 Å². The molecule has 0 aliphatic carbocycles. The summed E-state index contributed by atoms with van der Waals surface area (Å²) in [6.45, 7) is 0. The Bertz CT molecular complexity index is 240. The minimum atomic E-state index is -0.927. The fourth-order valence-electron chi connectivity index (χ4n) is 0.539. The Morgan fingerprint density at radius 2 is 2.30 bits per heavy atom. The third-order valence-corrected chi connectivity index (χ3v) is 1.51. The van der Waals surface area contributed by atoms with E-state index in [-0.39, 0.29) is 5.56 Å². The Hall–Kier alpha value is -0.830. The van der Waals surface area contributed by atoms with Crippen molar-refractivity contribution in [1.82, 2.24) is 0 Å². The summed E-state index contributed by atoms with van der Waals surface area (Å²) in [5.41, 5.74) is 0.253. The van der Waals surface area contributed by atoms with Gasteiger partial charge in [-0.2, -0.15) is 0 Å². The van der Waals surface area contributed by atoms with Crippen LogP contribution in [0.25, 0.3) is 0 Å². The SMILES string of the molecule is O=C(O)c1c[c]c(Br)cc1. The normalized spacial score (nSPS) is 9.30. The molecule has 3 heteroatoms. The molecule has 0 fully saturated rings. The molecule has 0 unspecified atom stereocenters. The summed E-state index contributed by atoms with van der Waals surface area (Å²) in [7, 11) is 0. The van der Waals surface area contributed by atoms with Crippen LogP contribution in [0, 0.1) is 6.07 Å². The lowest BCUT2D eigenvalue weighted by atomic mass is 10.2. The van der Waals surface area contributed by atoms with Gasteiger partial charge in [0.1, 0.15) is 0 Å². The number of rotatable bonds is 1. The van der Waals surface area contributed by atoms with Crippen molar-refractivity contribution in [3.8, 4) is 0 Å². The molecule has 0 saturated carbocycles. The van der Waals surface area contributed by atoms with Crippen LogP contribution in [0.1, 0.15) is 10.4 Å². The quantitative estimate of drug-likeness (QED) is 0.751. The third kappa shape index (κ3) is 1.57. The second kappa shape index (κ2) is 2.84. The van der Waals surface area contributed by atoms with E-state index < -0.39 is 5.97 Å². The highest BCUT2D eigenvalue weighted by atomic mass is 79.9. The highest BCUT2D eigenvalue weighted by Gasteiger charge is 1.99. The van der Waals surface area contributed by atoms with Gasteiger partial charge in [-0.1, -0.05) is 15.9 Å². The number of aromatic carboxylic acids is 1. The maximum absolute atomic E-state index is 10.3. The molecule has 1 aromatic carbocycles. The average molecular weight is 200 g/mol. The van der Waals surface area contributed by atoms with Gasteiger partial charge in [-0.15, -0.1) is 0 Å². The average Bonchev–Trinajstić information content (AvgIpc) is 1.88. The number of hydrogen-bond donors (Lipinski definition) is 1. The molecule has 0 heterocycles. The van der Waals surface area contributed by atoms with Crippen molar-refractivity contribution in [3.63, 3.8) is 0 Å². The molecule has 0 bridgehead atoms. The van der Waals surface area contributed by atoms with Crippen LogP contribution < -0.4 is 0 Å². The van der Waals surface area contributed by atoms with Crippen molar-refractivity contribution >= 4 is 21.9 Å². The lowest BCUT2D eigenvalue weighted by Crippen LogP contribution is -1.94. The monoisotopic (exact) mass is 199 g/mol. The molecule has 10 heavy (non-hydrogen) atoms. The highest BCUT2D eigenvalue weighted by molar-refractivity contribution is 9.10. The molecule has 0 aliphatic rings. The fourth-order valence-corrected chi connectivity index (χ4v) is 0.786. The van der Waals surface area contributed by atoms with Gasteiger partial charge in [-0.25, -0.2) is 4.79 Å². The van der Waals surface area contributed by atoms with Crippen molar-refractivity contribution in [2.75, 3.05) is 0 Å². The van der Waals surface area contributed by atoms with Crippen LogP contribution in [-0.2, 0) is 0 Å². The first-order valence-corrected chi connectivity index (χ1v) is 3.40. The Morgan fingerprint density at radius 3 is 2.70 bits per heavy atom. The first-order chi connectivity index (χ1) is 4.70. The number of hydrogen-bond acceptors (Lipinski definition) is 1. The van der Waals surface area contributed by atoms with Crippen LogP contribution in [0.3, 0.4) is 0 Å². The van der Waals surface area contributed by atoms with E-state index in [4.69, 9.17) is 5.11 Å². The Kier molecular flexibility index (Phi) is 2.06. The maximum atomic E-state index is 10.3. The summed E-state index contributed by atoms with van der Waals surface area (Å²) >= 11 is 3.15. The molecule has 0 saturated heterocycles. The van der Waals surface area contributed by atoms with E-state index >= 15 is 0 Å². The molecule has 0 spiro atoms. The minimum absolute atomic E-state index is 0.253. The second-order valence-corrected chi connectivity index (χ2v) is 2.58. The van der Waals surface area contributed by atoms with Crippen LogP contribution in [0.15, 0.2) is 22.7 Å². The van der Waals surface area contributed by atoms with Gasteiger partial charge in [0.05, 0.1) is 5.56 Å². The predicted octanol–water partition coefficient (Wildman–Crippen LogP) is 1.95. The molecule has 1 N–H and O–H groups in total. The van der Waals surface area contributed by atoms with Crippen molar-refractivity contribution in [2.24, 2.45) is 0 Å². The zero-order valence-corrected chi connectivity index (χ0v) is 6.55. The van der Waals surface area contributed by atoms with Gasteiger partial charge in [0.2, 0.25) is 0 Å². The summed E-state index contributed by atoms with van der Waals surface area (Å²) in [6, 6.07) is 7.30. The van der Waals surface area contributed by atoms with Gasteiger partial charge >= 0.3 is 5.97 Å². The van der Waals surface area contributed by atoms with E-state index in [9.17, 15) is 4.79 Å². The first kappa shape index (κ1) is 7.28. The zero-order valence-electron chi connectivity index (χ0n) is 4.97. The topological polar surface area (TPSA) is 37.3 Å². The second-order valence-electron chi connectivity index (χ2n) is 1.73. The van der Waals surface area contributed by atoms with Gasteiger partial charge in [0.25, 0.3) is 0 Å². The van der Waals surface area contributed by atoms with E-state index in [0.717, 1.165) is 4.47 Å². The number of carbonyl (C=O) groups is 1. The summed E-state index contributed by atoms with van der Waals surface area (Å²) in [6.07, 6.45) is 0. The van der Waals surface area contributed by atoms with E-state index in [2.05, 4.69) is 22.0 Å². The van der Waals surface area contributed by atoms with E-state index in [1.165, 1.54) is 12.1 Å². The Labute approximate surface area is 66.6 Å². The highest BCUT2D eigenvalue weighted by Crippen LogP contribution is 2.08. The maximum Gasteiger partial charge on any atom is 0.335 e. The molecular formula is C7H4BrO2. The van der Waals surface area contributed by atoms with Crippen LogP contribution in [0.2, 0.25) is 0 Å². The van der Waals surface area contributed by atoms with E-state index in [0.29, 0.717) is 0 Å². The van der Waals surface area contributed by atoms with Crippen LogP contribution in [-0.4, -0.2) is 11.1 Å². The lowest BCUT2D eigenvalue weighted by Gasteiger charge is -1.91. The number of benzene rings is 1. The zero-order chi connectivity index (χ0) is 7.56. The van der Waals surface area contributed by atoms with Gasteiger partial charge in [0.15, 0.2) is 0 Å². The predicted molar refractivity (Wildman–Crippen MR) is 39.9 cm³/mol. The smallest absolute Gasteiger partial charge is 0.335 e. The molecule has 1 rings (SSSR count). The molecular weight excluding hydrogens is 196 g/mol. The molecule has 2 nitrogen and oxygen atoms in total. The molecule has 0 amide bonds. The Balaban J connectivity index is 3.00. The number of halogens is 1. The Morgan fingerprint density at radius 1 is 1.60 bits per heavy atom. The van der Waals surface area contributed by atoms with Gasteiger partial charge in [0, 0.05) is 4.47 Å². The molecule has 1 aromatic rings. The fraction of sp³-hybridized carbons (Fsp3) is 0.